The number of nitrogens with zero attached hydrogens (tertiary/aromatic N) is 2. The summed E-state index contributed by atoms with van der Waals surface area (Å²) in [6.45, 7) is 3.05. The van der Waals surface area contributed by atoms with E-state index in [0.717, 1.165) is 48.1 Å². The first-order chi connectivity index (χ1) is 14.9. The summed E-state index contributed by atoms with van der Waals surface area (Å²) in [5.74, 6) is 1.61. The topological polar surface area (TPSA) is 16.1 Å². The van der Waals surface area contributed by atoms with Gasteiger partial charge in [-0.25, -0.2) is 4.98 Å². The molecule has 3 aromatic rings. The maximum Gasteiger partial charge on any atom is 0.416 e. The van der Waals surface area contributed by atoms with Crippen LogP contribution >= 0.6 is 35.5 Å². The lowest BCUT2D eigenvalue weighted by Crippen LogP contribution is -2.28. The first-order valence-corrected chi connectivity index (χ1v) is 12.3. The van der Waals surface area contributed by atoms with E-state index >= 15 is 0 Å². The van der Waals surface area contributed by atoms with Gasteiger partial charge in [0.05, 0.1) is 10.4 Å². The molecule has 0 spiro atoms. The molecule has 2 aromatic carbocycles. The Labute approximate surface area is 200 Å². The zero-order chi connectivity index (χ0) is 21.5. The van der Waals surface area contributed by atoms with Gasteiger partial charge in [0.1, 0.15) is 4.34 Å². The van der Waals surface area contributed by atoms with Crippen LogP contribution in [0, 0.1) is 5.92 Å². The molecule has 1 aliphatic heterocycles. The van der Waals surface area contributed by atoms with Crippen LogP contribution in [0.2, 0.25) is 0 Å². The van der Waals surface area contributed by atoms with Crippen LogP contribution in [0.4, 0.5) is 13.2 Å². The molecule has 1 aromatic heterocycles. The Bertz CT molecular complexity index is 1040. The maximum absolute atomic E-state index is 12.8. The molecule has 0 bridgehead atoms. The minimum Gasteiger partial charge on any atom is -0.302 e. The van der Waals surface area contributed by atoms with Crippen molar-refractivity contribution in [1.82, 2.24) is 9.88 Å². The van der Waals surface area contributed by atoms with E-state index in [1.807, 2.05) is 24.4 Å². The van der Waals surface area contributed by atoms with E-state index in [1.165, 1.54) is 22.6 Å². The fourth-order valence-corrected chi connectivity index (χ4v) is 6.69. The first-order valence-electron chi connectivity index (χ1n) is 10.5. The van der Waals surface area contributed by atoms with E-state index in [4.69, 9.17) is 0 Å². The molecule has 1 aliphatic carbocycles. The van der Waals surface area contributed by atoms with Crippen LogP contribution in [0.1, 0.15) is 24.0 Å². The number of thioether (sulfide) groups is 1. The van der Waals surface area contributed by atoms with E-state index in [1.54, 1.807) is 35.2 Å². The third-order valence-corrected chi connectivity index (χ3v) is 8.68. The molecule has 32 heavy (non-hydrogen) atoms. The summed E-state index contributed by atoms with van der Waals surface area (Å²) in [5.41, 5.74) is 1.79. The number of hydrogen-bond acceptors (Lipinski definition) is 4. The van der Waals surface area contributed by atoms with Crippen LogP contribution < -0.4 is 0 Å². The van der Waals surface area contributed by atoms with Crippen LogP contribution in [0.3, 0.4) is 0 Å². The van der Waals surface area contributed by atoms with Crippen molar-refractivity contribution in [3.05, 3.63) is 71.9 Å². The number of hydrogen-bond donors (Lipinski definition) is 0. The van der Waals surface area contributed by atoms with Crippen LogP contribution in [-0.2, 0) is 11.6 Å². The Balaban J connectivity index is 0.00000245. The van der Waals surface area contributed by atoms with Crippen molar-refractivity contribution < 1.29 is 13.2 Å². The molecule has 0 radical (unpaired) electrons. The molecule has 1 saturated carbocycles. The van der Waals surface area contributed by atoms with Gasteiger partial charge in [0.15, 0.2) is 0 Å². The van der Waals surface area contributed by atoms with Crippen LogP contribution in [0.5, 0.6) is 0 Å². The van der Waals surface area contributed by atoms with Crippen molar-refractivity contribution in [2.45, 2.75) is 28.8 Å². The standard InChI is InChI=1S/C24H23F3N2S2.ClH/c25-24(26,27)19-9-7-18(8-10-19)23-13-20(23)15-29(16-23)11-4-12-30-22-28-14-21(31-22)17-5-2-1-3-6-17;/h1-3,5-10,14,20H,4,11-13,15-16H2;1H/t20-,23+;/m0./s1. The summed E-state index contributed by atoms with van der Waals surface area (Å²) in [7, 11) is 0. The number of benzene rings is 2. The van der Waals surface area contributed by atoms with E-state index in [9.17, 15) is 13.2 Å². The Morgan fingerprint density at radius 2 is 1.84 bits per heavy atom. The van der Waals surface area contributed by atoms with Gasteiger partial charge >= 0.3 is 6.18 Å². The minimum absolute atomic E-state index is 0. The van der Waals surface area contributed by atoms with Crippen molar-refractivity contribution in [2.24, 2.45) is 5.92 Å². The van der Waals surface area contributed by atoms with Gasteiger partial charge in [-0.3, -0.25) is 0 Å². The van der Waals surface area contributed by atoms with Gasteiger partial charge in [-0.15, -0.1) is 23.7 Å². The van der Waals surface area contributed by atoms with E-state index in [0.29, 0.717) is 5.92 Å². The Morgan fingerprint density at radius 1 is 1.09 bits per heavy atom. The maximum atomic E-state index is 12.8. The number of thiazole rings is 1. The second kappa shape index (κ2) is 9.37. The highest BCUT2D eigenvalue weighted by Crippen LogP contribution is 2.59. The van der Waals surface area contributed by atoms with Gasteiger partial charge < -0.3 is 4.90 Å². The van der Waals surface area contributed by atoms with Crippen molar-refractivity contribution in [1.29, 1.82) is 0 Å². The molecule has 0 N–H and O–H groups in total. The van der Waals surface area contributed by atoms with Crippen molar-refractivity contribution >= 4 is 35.5 Å². The number of likely N-dealkylation sites (tertiary alicyclic amines) is 1. The summed E-state index contributed by atoms with van der Waals surface area (Å²) in [4.78, 5) is 8.22. The molecule has 2 atom stereocenters. The summed E-state index contributed by atoms with van der Waals surface area (Å²) >= 11 is 3.54. The summed E-state index contributed by atoms with van der Waals surface area (Å²) < 4.78 is 39.6. The zero-order valence-electron chi connectivity index (χ0n) is 17.3. The molecule has 2 aliphatic rings. The van der Waals surface area contributed by atoms with Gasteiger partial charge in [0, 0.05) is 30.5 Å². The fraction of sp³-hybridized carbons (Fsp3) is 0.375. The lowest BCUT2D eigenvalue weighted by atomic mass is 9.94. The van der Waals surface area contributed by atoms with E-state index < -0.39 is 11.7 Å². The monoisotopic (exact) mass is 496 g/mol. The van der Waals surface area contributed by atoms with Crippen molar-refractivity contribution in [3.8, 4) is 10.4 Å². The molecule has 170 valence electrons. The average Bonchev–Trinajstić information content (AvgIpc) is 3.11. The van der Waals surface area contributed by atoms with Gasteiger partial charge in [0.25, 0.3) is 0 Å². The van der Waals surface area contributed by atoms with E-state index in [2.05, 4.69) is 22.0 Å². The summed E-state index contributed by atoms with van der Waals surface area (Å²) in [6, 6.07) is 16.2. The van der Waals surface area contributed by atoms with Gasteiger partial charge in [0.2, 0.25) is 0 Å². The largest absolute Gasteiger partial charge is 0.416 e. The fourth-order valence-electron chi connectivity index (χ4n) is 4.70. The predicted octanol–water partition coefficient (Wildman–Crippen LogP) is 7.01. The summed E-state index contributed by atoms with van der Waals surface area (Å²) in [6.07, 6.45) is -0.131. The van der Waals surface area contributed by atoms with Gasteiger partial charge in [-0.1, -0.05) is 54.2 Å². The second-order valence-electron chi connectivity index (χ2n) is 8.43. The lowest BCUT2D eigenvalue weighted by Gasteiger charge is -2.21. The zero-order valence-corrected chi connectivity index (χ0v) is 19.8. The Hall–Kier alpha value is -1.54. The highest BCUT2D eigenvalue weighted by atomic mass is 35.5. The van der Waals surface area contributed by atoms with E-state index in [-0.39, 0.29) is 17.8 Å². The molecular weight excluding hydrogens is 473 g/mol. The van der Waals surface area contributed by atoms with Crippen molar-refractivity contribution in [3.63, 3.8) is 0 Å². The quantitative estimate of drug-likeness (QED) is 0.258. The molecule has 2 fully saturated rings. The highest BCUT2D eigenvalue weighted by molar-refractivity contribution is 8.01. The van der Waals surface area contributed by atoms with Gasteiger partial charge in [-0.2, -0.15) is 13.2 Å². The molecule has 1 saturated heterocycles. The predicted molar refractivity (Wildman–Crippen MR) is 128 cm³/mol. The lowest BCUT2D eigenvalue weighted by molar-refractivity contribution is -0.137. The SMILES string of the molecule is Cl.FC(F)(F)c1ccc([C@]23C[C@H]2CN(CCCSc2ncc(-c4ccccc4)s2)C3)cc1. The number of aromatic nitrogens is 1. The highest BCUT2D eigenvalue weighted by Gasteiger charge is 2.60. The number of piperidine rings is 1. The molecule has 0 amide bonds. The Morgan fingerprint density at radius 3 is 2.56 bits per heavy atom. The van der Waals surface area contributed by atoms with Crippen LogP contribution in [-0.4, -0.2) is 35.3 Å². The second-order valence-corrected chi connectivity index (χ2v) is 10.8. The number of fused-ring (bicyclic) bond motifs is 1. The molecular formula is C24H24ClF3N2S2. The molecule has 2 nitrogen and oxygen atoms in total. The van der Waals surface area contributed by atoms with Crippen molar-refractivity contribution in [2.75, 3.05) is 25.4 Å². The molecule has 0 unspecified atom stereocenters. The molecule has 8 heteroatoms. The Kier molecular flexibility index (Phi) is 6.92. The smallest absolute Gasteiger partial charge is 0.302 e. The van der Waals surface area contributed by atoms with Crippen LogP contribution in [0.25, 0.3) is 10.4 Å². The molecule has 5 rings (SSSR count). The number of halogens is 4. The normalized spacial score (nSPS) is 22.4. The third-order valence-electron chi connectivity index (χ3n) is 6.39. The number of rotatable bonds is 7. The summed E-state index contributed by atoms with van der Waals surface area (Å²) in [5, 5.41) is 0. The first kappa shape index (κ1) is 23.6. The minimum atomic E-state index is -4.27. The van der Waals surface area contributed by atoms with Crippen LogP contribution in [0.15, 0.2) is 65.1 Å². The van der Waals surface area contributed by atoms with Gasteiger partial charge in [-0.05, 0) is 48.6 Å². The number of alkyl halides is 3. The third kappa shape index (κ3) is 4.86. The average molecular weight is 497 g/mol. The molecule has 2 heterocycles.